The van der Waals surface area contributed by atoms with Crippen LogP contribution in [0, 0.1) is 5.92 Å². The number of hydrogen-bond donors (Lipinski definition) is 2. The summed E-state index contributed by atoms with van der Waals surface area (Å²) >= 11 is 1.06. The van der Waals surface area contributed by atoms with Crippen LogP contribution in [0.15, 0.2) is 29.1 Å². The van der Waals surface area contributed by atoms with Crippen LogP contribution in [0.4, 0.5) is 13.2 Å². The van der Waals surface area contributed by atoms with Gasteiger partial charge in [-0.15, -0.1) is 0 Å². The molecule has 3 aromatic rings. The zero-order valence-corrected chi connectivity index (χ0v) is 15.5. The van der Waals surface area contributed by atoms with Crippen molar-refractivity contribution in [3.05, 3.63) is 50.9 Å². The molecule has 4 rings (SSSR count). The molecule has 0 saturated heterocycles. The second-order valence-corrected chi connectivity index (χ2v) is 7.94. The number of carbonyl (C=O) groups is 1. The Labute approximate surface area is 161 Å². The van der Waals surface area contributed by atoms with Gasteiger partial charge in [0.2, 0.25) is 0 Å². The summed E-state index contributed by atoms with van der Waals surface area (Å²) < 4.78 is 39.2. The minimum Gasteiger partial charge on any atom is -0.333 e. The molecule has 0 spiro atoms. The summed E-state index contributed by atoms with van der Waals surface area (Å²) in [7, 11) is 0. The van der Waals surface area contributed by atoms with Crippen LogP contribution in [0.2, 0.25) is 0 Å². The molecule has 1 aliphatic rings. The zero-order valence-electron chi connectivity index (χ0n) is 14.7. The van der Waals surface area contributed by atoms with Crippen molar-refractivity contribution >= 4 is 27.5 Å². The van der Waals surface area contributed by atoms with Crippen LogP contribution in [0.1, 0.15) is 41.0 Å². The third kappa shape index (κ3) is 3.68. The maximum atomic E-state index is 12.9. The van der Waals surface area contributed by atoms with Gasteiger partial charge in [0, 0.05) is 19.2 Å². The van der Waals surface area contributed by atoms with Crippen molar-refractivity contribution in [3.63, 3.8) is 0 Å². The van der Waals surface area contributed by atoms with E-state index in [-0.39, 0.29) is 17.1 Å². The van der Waals surface area contributed by atoms with Gasteiger partial charge in [-0.25, -0.2) is 0 Å². The Bertz CT molecular complexity index is 1060. The first-order valence-electron chi connectivity index (χ1n) is 8.84. The molecule has 10 heteroatoms. The Morgan fingerprint density at radius 2 is 2.11 bits per heavy atom. The lowest BCUT2D eigenvalue weighted by atomic mass is 9.85. The van der Waals surface area contributed by atoms with Crippen LogP contribution in [0.25, 0.3) is 10.2 Å². The van der Waals surface area contributed by atoms with Crippen LogP contribution in [0.3, 0.4) is 0 Å². The smallest absolute Gasteiger partial charge is 0.333 e. The Hall–Kier alpha value is -2.62. The highest BCUT2D eigenvalue weighted by atomic mass is 32.1. The molecule has 1 aromatic carbocycles. The molecule has 2 heterocycles. The highest BCUT2D eigenvalue weighted by Gasteiger charge is 2.35. The first-order valence-corrected chi connectivity index (χ1v) is 9.65. The van der Waals surface area contributed by atoms with E-state index >= 15 is 0 Å². The number of fused-ring (bicyclic) bond motifs is 1. The van der Waals surface area contributed by atoms with E-state index in [1.165, 1.54) is 4.90 Å². The van der Waals surface area contributed by atoms with E-state index in [9.17, 15) is 22.8 Å². The molecule has 1 saturated carbocycles. The van der Waals surface area contributed by atoms with Crippen LogP contribution >= 0.6 is 11.3 Å². The van der Waals surface area contributed by atoms with Crippen molar-refractivity contribution < 1.29 is 18.0 Å². The van der Waals surface area contributed by atoms with Gasteiger partial charge in [-0.1, -0.05) is 29.9 Å². The van der Waals surface area contributed by atoms with Gasteiger partial charge >= 0.3 is 11.0 Å². The zero-order chi connectivity index (χ0) is 19.9. The second kappa shape index (κ2) is 7.08. The number of aromatic amines is 2. The van der Waals surface area contributed by atoms with Crippen LogP contribution in [-0.4, -0.2) is 32.5 Å². The van der Waals surface area contributed by atoms with Crippen LogP contribution in [0.5, 0.6) is 0 Å². The maximum Gasteiger partial charge on any atom is 0.435 e. The van der Waals surface area contributed by atoms with Gasteiger partial charge < -0.3 is 9.88 Å². The average molecular weight is 410 g/mol. The van der Waals surface area contributed by atoms with Crippen molar-refractivity contribution in [2.24, 2.45) is 5.92 Å². The van der Waals surface area contributed by atoms with E-state index in [4.69, 9.17) is 0 Å². The number of nitrogens with zero attached hydrogens (tertiary/aromatic N) is 2. The summed E-state index contributed by atoms with van der Waals surface area (Å²) in [4.78, 5) is 28.7. The molecule has 0 unspecified atom stereocenters. The molecule has 0 radical (unpaired) electrons. The fourth-order valence-corrected chi connectivity index (χ4v) is 4.15. The van der Waals surface area contributed by atoms with E-state index < -0.39 is 17.8 Å². The van der Waals surface area contributed by atoms with Gasteiger partial charge in [0.05, 0.1) is 10.2 Å². The Morgan fingerprint density at radius 3 is 2.75 bits per heavy atom. The largest absolute Gasteiger partial charge is 0.435 e. The number of aromatic nitrogens is 3. The number of hydrogen-bond acceptors (Lipinski definition) is 4. The van der Waals surface area contributed by atoms with E-state index in [1.807, 2.05) is 6.07 Å². The summed E-state index contributed by atoms with van der Waals surface area (Å²) in [5.41, 5.74) is 0.153. The van der Waals surface area contributed by atoms with Crippen molar-refractivity contribution in [2.45, 2.75) is 32.0 Å². The number of thiazole rings is 1. The fraction of sp³-hybridized carbons (Fsp3) is 0.389. The molecule has 6 nitrogen and oxygen atoms in total. The third-order valence-corrected chi connectivity index (χ3v) is 5.95. The lowest BCUT2D eigenvalue weighted by Gasteiger charge is -2.32. The molecule has 2 aromatic heterocycles. The van der Waals surface area contributed by atoms with Crippen molar-refractivity contribution in [3.8, 4) is 0 Å². The van der Waals surface area contributed by atoms with Crippen LogP contribution < -0.4 is 4.87 Å². The number of halogens is 3. The van der Waals surface area contributed by atoms with Gasteiger partial charge in [-0.05, 0) is 30.4 Å². The maximum absolute atomic E-state index is 12.9. The predicted octanol–water partition coefficient (Wildman–Crippen LogP) is 3.77. The van der Waals surface area contributed by atoms with Crippen LogP contribution in [-0.2, 0) is 12.7 Å². The van der Waals surface area contributed by atoms with E-state index in [1.54, 1.807) is 12.1 Å². The summed E-state index contributed by atoms with van der Waals surface area (Å²) in [5.74, 6) is -0.201. The number of benzene rings is 1. The average Bonchev–Trinajstić information content (AvgIpc) is 3.22. The van der Waals surface area contributed by atoms with Crippen molar-refractivity contribution in [2.75, 3.05) is 6.54 Å². The summed E-state index contributed by atoms with van der Waals surface area (Å²) in [6, 6.07) is 6.12. The third-order valence-electron chi connectivity index (χ3n) is 4.98. The SMILES string of the molecule is O=C(c1cc(C(F)(F)F)n[nH]1)N(Cc1cccc2[nH]c(=O)sc12)CC1CCC1. The summed E-state index contributed by atoms with van der Waals surface area (Å²) in [6.07, 6.45) is -1.55. The molecular weight excluding hydrogens is 393 g/mol. The molecule has 1 aliphatic carbocycles. The number of carbonyl (C=O) groups excluding carboxylic acids is 1. The molecule has 1 amide bonds. The van der Waals surface area contributed by atoms with E-state index in [0.717, 1.165) is 46.9 Å². The summed E-state index contributed by atoms with van der Waals surface area (Å²) in [6.45, 7) is 0.662. The topological polar surface area (TPSA) is 81.8 Å². The number of H-pyrrole nitrogens is 2. The first-order chi connectivity index (χ1) is 13.3. The number of alkyl halides is 3. The monoisotopic (exact) mass is 410 g/mol. The summed E-state index contributed by atoms with van der Waals surface area (Å²) in [5, 5.41) is 5.44. The van der Waals surface area contributed by atoms with E-state index in [2.05, 4.69) is 15.2 Å². The Kier molecular flexibility index (Phi) is 4.74. The number of amides is 1. The standard InChI is InChI=1S/C18H17F3N4O2S/c19-18(20,21)14-7-13(23-24-14)16(26)25(8-10-3-1-4-10)9-11-5-2-6-12-15(11)28-17(27)22-12/h2,5-7,10H,1,3-4,8-9H2,(H,22,27)(H,23,24). The number of rotatable bonds is 5. The normalized spacial score (nSPS) is 15.0. The van der Waals surface area contributed by atoms with Gasteiger partial charge in [0.15, 0.2) is 5.69 Å². The fourth-order valence-electron chi connectivity index (χ4n) is 3.32. The highest BCUT2D eigenvalue weighted by molar-refractivity contribution is 7.16. The lowest BCUT2D eigenvalue weighted by molar-refractivity contribution is -0.141. The molecule has 1 fully saturated rings. The highest BCUT2D eigenvalue weighted by Crippen LogP contribution is 2.31. The molecule has 0 bridgehead atoms. The molecule has 28 heavy (non-hydrogen) atoms. The predicted molar refractivity (Wildman–Crippen MR) is 98.1 cm³/mol. The Morgan fingerprint density at radius 1 is 1.32 bits per heavy atom. The second-order valence-electron chi connectivity index (χ2n) is 6.96. The van der Waals surface area contributed by atoms with Gasteiger partial charge in [-0.2, -0.15) is 18.3 Å². The molecule has 2 N–H and O–H groups in total. The minimum absolute atomic E-state index is 0.192. The van der Waals surface area contributed by atoms with Crippen molar-refractivity contribution in [1.82, 2.24) is 20.1 Å². The molecule has 148 valence electrons. The first kappa shape index (κ1) is 18.7. The number of nitrogens with one attached hydrogen (secondary N) is 2. The van der Waals surface area contributed by atoms with Gasteiger partial charge in [-0.3, -0.25) is 14.7 Å². The minimum atomic E-state index is -4.61. The molecule has 0 aliphatic heterocycles. The van der Waals surface area contributed by atoms with Gasteiger partial charge in [0.1, 0.15) is 5.69 Å². The van der Waals surface area contributed by atoms with E-state index in [0.29, 0.717) is 18.0 Å². The molecule has 0 atom stereocenters. The van der Waals surface area contributed by atoms with Crippen molar-refractivity contribution in [1.29, 1.82) is 0 Å². The Balaban J connectivity index is 1.63. The quantitative estimate of drug-likeness (QED) is 0.672. The molecular formula is C18H17F3N4O2S. The van der Waals surface area contributed by atoms with Gasteiger partial charge in [0.25, 0.3) is 5.91 Å². The lowest BCUT2D eigenvalue weighted by Crippen LogP contribution is -2.37.